The van der Waals surface area contributed by atoms with Crippen LogP contribution in [0, 0.1) is 5.92 Å². The molecule has 2 aliphatic rings. The van der Waals surface area contributed by atoms with Crippen LogP contribution in [0.25, 0.3) is 0 Å². The second kappa shape index (κ2) is 8.84. The number of fused-ring (bicyclic) bond motifs is 1. The van der Waals surface area contributed by atoms with Crippen molar-refractivity contribution in [2.24, 2.45) is 5.92 Å². The molecule has 0 bridgehead atoms. The average molecular weight is 454 g/mol. The van der Waals surface area contributed by atoms with E-state index in [9.17, 15) is 13.2 Å². The first kappa shape index (κ1) is 21.0. The predicted molar refractivity (Wildman–Crippen MR) is 109 cm³/mol. The molecule has 162 valence electrons. The predicted octanol–water partition coefficient (Wildman–Crippen LogP) is 1.44. The number of carbonyl (C=O) groups is 1. The van der Waals surface area contributed by atoms with E-state index in [1.165, 1.54) is 0 Å². The maximum atomic E-state index is 12.4. The standard InChI is InChI=1S/C19H23N3O6S2/c1-22(9-14-10-26-15-4-2-3-5-16(15)27-14)18(23)11-29-19-21-20-17(28-19)8-13-6-7-30(24,25)12-13/h2-5,13-14H,6-12H2,1H3. The Morgan fingerprint density at radius 1 is 1.27 bits per heavy atom. The van der Waals surface area contributed by atoms with Crippen molar-refractivity contribution in [2.45, 2.75) is 24.2 Å². The van der Waals surface area contributed by atoms with Crippen LogP contribution < -0.4 is 9.47 Å². The summed E-state index contributed by atoms with van der Waals surface area (Å²) >= 11 is 1.16. The number of thioether (sulfide) groups is 1. The van der Waals surface area contributed by atoms with Gasteiger partial charge in [-0.15, -0.1) is 10.2 Å². The van der Waals surface area contributed by atoms with E-state index < -0.39 is 9.84 Å². The normalized spacial score (nSPS) is 22.0. The Balaban J connectivity index is 1.22. The number of amides is 1. The zero-order valence-electron chi connectivity index (χ0n) is 16.5. The largest absolute Gasteiger partial charge is 0.486 e. The van der Waals surface area contributed by atoms with Crippen LogP contribution in [-0.4, -0.2) is 73.0 Å². The molecule has 0 spiro atoms. The number of sulfone groups is 1. The van der Waals surface area contributed by atoms with Crippen molar-refractivity contribution in [1.29, 1.82) is 0 Å². The summed E-state index contributed by atoms with van der Waals surface area (Å²) in [4.78, 5) is 14.0. The molecule has 30 heavy (non-hydrogen) atoms. The zero-order chi connectivity index (χ0) is 21.1. The number of carbonyl (C=O) groups excluding carboxylic acids is 1. The van der Waals surface area contributed by atoms with E-state index in [0.29, 0.717) is 48.6 Å². The Bertz CT molecular complexity index is 1010. The molecule has 2 aliphatic heterocycles. The van der Waals surface area contributed by atoms with Gasteiger partial charge in [0.15, 0.2) is 27.4 Å². The molecule has 4 rings (SSSR count). The Kier molecular flexibility index (Phi) is 6.19. The van der Waals surface area contributed by atoms with E-state index in [4.69, 9.17) is 13.9 Å². The van der Waals surface area contributed by atoms with Gasteiger partial charge in [0.1, 0.15) is 6.61 Å². The monoisotopic (exact) mass is 453 g/mol. The number of aromatic nitrogens is 2. The minimum absolute atomic E-state index is 0.0175. The van der Waals surface area contributed by atoms with E-state index in [1.54, 1.807) is 11.9 Å². The highest BCUT2D eigenvalue weighted by atomic mass is 32.2. The molecule has 1 saturated heterocycles. The minimum Gasteiger partial charge on any atom is -0.486 e. The van der Waals surface area contributed by atoms with Gasteiger partial charge in [0.25, 0.3) is 5.22 Å². The van der Waals surface area contributed by atoms with Crippen molar-refractivity contribution in [3.63, 3.8) is 0 Å². The third-order valence-electron chi connectivity index (χ3n) is 5.03. The second-order valence-electron chi connectivity index (χ2n) is 7.50. The molecule has 11 heteroatoms. The highest BCUT2D eigenvalue weighted by molar-refractivity contribution is 7.99. The van der Waals surface area contributed by atoms with Crippen LogP contribution in [0.1, 0.15) is 12.3 Å². The van der Waals surface area contributed by atoms with Gasteiger partial charge in [-0.05, 0) is 24.5 Å². The third-order valence-corrected chi connectivity index (χ3v) is 7.67. The summed E-state index contributed by atoms with van der Waals surface area (Å²) in [7, 11) is -1.22. The van der Waals surface area contributed by atoms with Crippen molar-refractivity contribution in [2.75, 3.05) is 37.5 Å². The first-order valence-electron chi connectivity index (χ1n) is 9.66. The molecule has 3 heterocycles. The van der Waals surface area contributed by atoms with Gasteiger partial charge in [-0.25, -0.2) is 8.42 Å². The number of hydrogen-bond donors (Lipinski definition) is 0. The highest BCUT2D eigenvalue weighted by Crippen LogP contribution is 2.31. The fourth-order valence-electron chi connectivity index (χ4n) is 3.45. The third kappa shape index (κ3) is 5.25. The number of ether oxygens (including phenoxy) is 2. The fraction of sp³-hybridized carbons (Fsp3) is 0.526. The van der Waals surface area contributed by atoms with Gasteiger partial charge in [0.05, 0.1) is 23.8 Å². The van der Waals surface area contributed by atoms with Crippen molar-refractivity contribution >= 4 is 27.5 Å². The number of likely N-dealkylation sites (N-methyl/N-ethyl adjacent to an activating group) is 1. The van der Waals surface area contributed by atoms with Gasteiger partial charge in [0, 0.05) is 13.5 Å². The summed E-state index contributed by atoms with van der Waals surface area (Å²) in [5.74, 6) is 2.26. The summed E-state index contributed by atoms with van der Waals surface area (Å²) < 4.78 is 40.2. The van der Waals surface area contributed by atoms with Gasteiger partial charge in [-0.3, -0.25) is 4.79 Å². The lowest BCUT2D eigenvalue weighted by Crippen LogP contribution is -2.42. The maximum absolute atomic E-state index is 12.4. The molecule has 1 amide bonds. The lowest BCUT2D eigenvalue weighted by molar-refractivity contribution is -0.128. The molecule has 0 saturated carbocycles. The summed E-state index contributed by atoms with van der Waals surface area (Å²) in [6, 6.07) is 7.45. The summed E-state index contributed by atoms with van der Waals surface area (Å²) in [5.41, 5.74) is 0. The van der Waals surface area contributed by atoms with Crippen LogP contribution >= 0.6 is 11.8 Å². The minimum atomic E-state index is -2.93. The van der Waals surface area contributed by atoms with Gasteiger partial charge >= 0.3 is 0 Å². The van der Waals surface area contributed by atoms with Crippen LogP contribution in [0.3, 0.4) is 0 Å². The van der Waals surface area contributed by atoms with Gasteiger partial charge in [0.2, 0.25) is 11.8 Å². The number of rotatable bonds is 7. The Morgan fingerprint density at radius 2 is 2.07 bits per heavy atom. The molecule has 1 fully saturated rings. The van der Waals surface area contributed by atoms with Crippen LogP contribution in [-0.2, 0) is 21.1 Å². The smallest absolute Gasteiger partial charge is 0.277 e. The Hall–Kier alpha value is -2.27. The lowest BCUT2D eigenvalue weighted by Gasteiger charge is -2.29. The van der Waals surface area contributed by atoms with E-state index in [0.717, 1.165) is 11.8 Å². The molecular weight excluding hydrogens is 430 g/mol. The summed E-state index contributed by atoms with van der Waals surface area (Å²) in [5, 5.41) is 8.22. The van der Waals surface area contributed by atoms with Gasteiger partial charge in [-0.1, -0.05) is 23.9 Å². The maximum Gasteiger partial charge on any atom is 0.277 e. The van der Waals surface area contributed by atoms with Crippen molar-refractivity contribution in [3.05, 3.63) is 30.2 Å². The van der Waals surface area contributed by atoms with E-state index in [1.807, 2.05) is 24.3 Å². The second-order valence-corrected chi connectivity index (χ2v) is 10.7. The number of nitrogens with zero attached hydrogens (tertiary/aromatic N) is 3. The Labute approximate surface area is 179 Å². The van der Waals surface area contributed by atoms with E-state index in [-0.39, 0.29) is 35.2 Å². The quantitative estimate of drug-likeness (QED) is 0.575. The topological polar surface area (TPSA) is 112 Å². The lowest BCUT2D eigenvalue weighted by atomic mass is 10.1. The average Bonchev–Trinajstić information content (AvgIpc) is 3.31. The number of para-hydroxylation sites is 2. The summed E-state index contributed by atoms with van der Waals surface area (Å²) in [6.45, 7) is 0.782. The highest BCUT2D eigenvalue weighted by Gasteiger charge is 2.29. The molecular formula is C19H23N3O6S2. The van der Waals surface area contributed by atoms with Gasteiger partial charge < -0.3 is 18.8 Å². The molecule has 1 aromatic carbocycles. The summed E-state index contributed by atoms with van der Waals surface area (Å²) in [6.07, 6.45) is 0.825. The van der Waals surface area contributed by atoms with Crippen LogP contribution in [0.4, 0.5) is 0 Å². The first-order chi connectivity index (χ1) is 14.4. The fourth-order valence-corrected chi connectivity index (χ4v) is 6.04. The van der Waals surface area contributed by atoms with E-state index in [2.05, 4.69) is 10.2 Å². The van der Waals surface area contributed by atoms with Crippen LogP contribution in [0.5, 0.6) is 11.5 Å². The number of hydrogen-bond acceptors (Lipinski definition) is 9. The van der Waals surface area contributed by atoms with Crippen LogP contribution in [0.15, 0.2) is 33.9 Å². The Morgan fingerprint density at radius 3 is 2.83 bits per heavy atom. The first-order valence-corrected chi connectivity index (χ1v) is 12.5. The van der Waals surface area contributed by atoms with Crippen LogP contribution in [0.2, 0.25) is 0 Å². The van der Waals surface area contributed by atoms with Crippen molar-refractivity contribution in [1.82, 2.24) is 15.1 Å². The van der Waals surface area contributed by atoms with E-state index >= 15 is 0 Å². The van der Waals surface area contributed by atoms with Crippen molar-refractivity contribution in [3.8, 4) is 11.5 Å². The molecule has 0 aliphatic carbocycles. The molecule has 2 unspecified atom stereocenters. The van der Waals surface area contributed by atoms with Crippen molar-refractivity contribution < 1.29 is 27.1 Å². The SMILES string of the molecule is CN(CC1COc2ccccc2O1)C(=O)CSc1nnc(CC2CCS(=O)(=O)C2)o1. The molecule has 0 radical (unpaired) electrons. The molecule has 2 atom stereocenters. The van der Waals surface area contributed by atoms with Gasteiger partial charge in [-0.2, -0.15) is 0 Å². The molecule has 0 N–H and O–H groups in total. The molecule has 2 aromatic rings. The molecule has 9 nitrogen and oxygen atoms in total. The molecule has 1 aromatic heterocycles. The zero-order valence-corrected chi connectivity index (χ0v) is 18.2. The number of benzene rings is 1.